The van der Waals surface area contributed by atoms with Crippen LogP contribution in [0.5, 0.6) is 0 Å². The van der Waals surface area contributed by atoms with Gasteiger partial charge in [-0.15, -0.1) is 0 Å². The van der Waals surface area contributed by atoms with Crippen LogP contribution in [0.1, 0.15) is 69.8 Å². The summed E-state index contributed by atoms with van der Waals surface area (Å²) in [4.78, 5) is 15.7. The maximum Gasteiger partial charge on any atom is 0.270 e. The van der Waals surface area contributed by atoms with Gasteiger partial charge in [0.15, 0.2) is 6.19 Å². The van der Waals surface area contributed by atoms with Crippen molar-refractivity contribution in [3.63, 3.8) is 0 Å². The number of nitrogens with one attached hydrogen (secondary N) is 1. The molecule has 4 rings (SSSR count). The third-order valence-corrected chi connectivity index (χ3v) is 8.52. The SMILES string of the molecule is N#CNS(=O)(=O)c1ccccc1-c1ccc(CN(C(=O)C2CCCCC2)C2CCCCC2)cc1. The van der Waals surface area contributed by atoms with Crippen molar-refractivity contribution < 1.29 is 13.2 Å². The van der Waals surface area contributed by atoms with Gasteiger partial charge in [-0.3, -0.25) is 4.79 Å². The first-order chi connectivity index (χ1) is 16.5. The van der Waals surface area contributed by atoms with Crippen LogP contribution in [0, 0.1) is 17.4 Å². The number of nitriles is 1. The van der Waals surface area contributed by atoms with E-state index in [1.54, 1.807) is 18.2 Å². The summed E-state index contributed by atoms with van der Waals surface area (Å²) >= 11 is 0. The summed E-state index contributed by atoms with van der Waals surface area (Å²) in [6.45, 7) is 0.593. The average Bonchev–Trinajstić information content (AvgIpc) is 2.88. The van der Waals surface area contributed by atoms with Gasteiger partial charge in [-0.2, -0.15) is 5.26 Å². The molecule has 0 aliphatic heterocycles. The van der Waals surface area contributed by atoms with Crippen LogP contribution in [0.2, 0.25) is 0 Å². The molecule has 0 atom stereocenters. The molecule has 2 aliphatic carbocycles. The molecule has 1 amide bonds. The maximum atomic E-state index is 13.5. The summed E-state index contributed by atoms with van der Waals surface area (Å²) in [6.07, 6.45) is 12.8. The molecule has 7 heteroatoms. The summed E-state index contributed by atoms with van der Waals surface area (Å²) in [5, 5.41) is 8.82. The first-order valence-electron chi connectivity index (χ1n) is 12.4. The number of benzene rings is 2. The number of hydrogen-bond acceptors (Lipinski definition) is 4. The quantitative estimate of drug-likeness (QED) is 0.428. The van der Waals surface area contributed by atoms with E-state index >= 15 is 0 Å². The lowest BCUT2D eigenvalue weighted by atomic mass is 9.86. The number of amides is 1. The lowest BCUT2D eigenvalue weighted by Crippen LogP contribution is -2.44. The van der Waals surface area contributed by atoms with Gasteiger partial charge in [0.1, 0.15) is 0 Å². The molecule has 2 saturated carbocycles. The Morgan fingerprint density at radius 2 is 1.53 bits per heavy atom. The third-order valence-electron chi connectivity index (χ3n) is 7.23. The molecule has 0 radical (unpaired) electrons. The van der Waals surface area contributed by atoms with Crippen LogP contribution in [0.4, 0.5) is 0 Å². The molecule has 2 aromatic rings. The lowest BCUT2D eigenvalue weighted by molar-refractivity contribution is -0.140. The second kappa shape index (κ2) is 11.1. The number of carbonyl (C=O) groups is 1. The van der Waals surface area contributed by atoms with Gasteiger partial charge in [-0.1, -0.05) is 81.0 Å². The Morgan fingerprint density at radius 1 is 0.912 bits per heavy atom. The molecule has 2 aromatic carbocycles. The van der Waals surface area contributed by atoms with Crippen molar-refractivity contribution in [3.8, 4) is 17.3 Å². The zero-order valence-corrected chi connectivity index (χ0v) is 20.4. The van der Waals surface area contributed by atoms with Crippen molar-refractivity contribution in [1.29, 1.82) is 5.26 Å². The van der Waals surface area contributed by atoms with Crippen LogP contribution in [-0.4, -0.2) is 25.3 Å². The standard InChI is InChI=1S/C27H33N3O3S/c28-20-29-34(32,33)26-14-8-7-13-25(26)22-17-15-21(16-18-22)19-30(24-11-5-2-6-12-24)27(31)23-9-3-1-4-10-23/h7-8,13-18,23-24,29H,1-6,9-12,19H2. The monoisotopic (exact) mass is 479 g/mol. The van der Waals surface area contributed by atoms with Crippen molar-refractivity contribution in [1.82, 2.24) is 9.62 Å². The van der Waals surface area contributed by atoms with E-state index in [4.69, 9.17) is 5.26 Å². The Labute approximate surface area is 203 Å². The van der Waals surface area contributed by atoms with E-state index in [2.05, 4.69) is 4.90 Å². The third kappa shape index (κ3) is 5.61. The van der Waals surface area contributed by atoms with E-state index in [1.807, 2.05) is 29.0 Å². The van der Waals surface area contributed by atoms with Gasteiger partial charge < -0.3 is 4.90 Å². The van der Waals surface area contributed by atoms with Gasteiger partial charge in [0, 0.05) is 24.1 Å². The molecule has 0 saturated heterocycles. The van der Waals surface area contributed by atoms with Crippen molar-refractivity contribution in [2.75, 3.05) is 0 Å². The minimum Gasteiger partial charge on any atom is -0.335 e. The largest absolute Gasteiger partial charge is 0.335 e. The lowest BCUT2D eigenvalue weighted by Gasteiger charge is -2.37. The molecule has 0 aromatic heterocycles. The van der Waals surface area contributed by atoms with Crippen LogP contribution in [0.15, 0.2) is 53.4 Å². The maximum absolute atomic E-state index is 13.5. The predicted octanol–water partition coefficient (Wildman–Crippen LogP) is 5.35. The van der Waals surface area contributed by atoms with E-state index in [0.29, 0.717) is 24.1 Å². The molecule has 0 spiro atoms. The highest BCUT2D eigenvalue weighted by molar-refractivity contribution is 7.89. The Balaban J connectivity index is 1.57. The normalized spacial score (nSPS) is 17.6. The number of rotatable bonds is 7. The van der Waals surface area contributed by atoms with Crippen LogP contribution < -0.4 is 4.72 Å². The van der Waals surface area contributed by atoms with Crippen LogP contribution in [0.25, 0.3) is 11.1 Å². The molecule has 6 nitrogen and oxygen atoms in total. The Hall–Kier alpha value is -2.85. The van der Waals surface area contributed by atoms with Crippen molar-refractivity contribution in [2.24, 2.45) is 5.92 Å². The average molecular weight is 480 g/mol. The van der Waals surface area contributed by atoms with Gasteiger partial charge >= 0.3 is 0 Å². The highest BCUT2D eigenvalue weighted by atomic mass is 32.2. The summed E-state index contributed by atoms with van der Waals surface area (Å²) in [6, 6.07) is 14.7. The molecule has 2 fully saturated rings. The zero-order valence-electron chi connectivity index (χ0n) is 19.6. The van der Waals surface area contributed by atoms with E-state index in [9.17, 15) is 13.2 Å². The van der Waals surface area contributed by atoms with Gasteiger partial charge in [-0.25, -0.2) is 13.1 Å². The first kappa shape index (κ1) is 24.3. The molecule has 180 valence electrons. The van der Waals surface area contributed by atoms with E-state index in [-0.39, 0.29) is 10.8 Å². The van der Waals surface area contributed by atoms with E-state index < -0.39 is 10.0 Å². The second-order valence-corrected chi connectivity index (χ2v) is 11.2. The number of carbonyl (C=O) groups excluding carboxylic acids is 1. The molecule has 0 bridgehead atoms. The fourth-order valence-corrected chi connectivity index (χ4v) is 6.37. The van der Waals surface area contributed by atoms with E-state index in [1.165, 1.54) is 37.9 Å². The molecular weight excluding hydrogens is 446 g/mol. The fraction of sp³-hybridized carbons (Fsp3) is 0.481. The van der Waals surface area contributed by atoms with Crippen molar-refractivity contribution in [2.45, 2.75) is 81.7 Å². The van der Waals surface area contributed by atoms with E-state index in [0.717, 1.165) is 49.7 Å². The van der Waals surface area contributed by atoms with Gasteiger partial charge in [0.2, 0.25) is 5.91 Å². The molecule has 2 aliphatic rings. The Kier molecular flexibility index (Phi) is 7.89. The second-order valence-electron chi connectivity index (χ2n) is 9.50. The number of hydrogen-bond donors (Lipinski definition) is 1. The Morgan fingerprint density at radius 3 is 2.18 bits per heavy atom. The topological polar surface area (TPSA) is 90.3 Å². The highest BCUT2D eigenvalue weighted by Gasteiger charge is 2.31. The molecule has 1 N–H and O–H groups in total. The minimum absolute atomic E-state index is 0.0700. The van der Waals surface area contributed by atoms with Crippen LogP contribution in [0.3, 0.4) is 0 Å². The smallest absolute Gasteiger partial charge is 0.270 e. The minimum atomic E-state index is -3.92. The summed E-state index contributed by atoms with van der Waals surface area (Å²) < 4.78 is 26.8. The van der Waals surface area contributed by atoms with Crippen LogP contribution in [-0.2, 0) is 21.4 Å². The van der Waals surface area contributed by atoms with Crippen molar-refractivity contribution in [3.05, 3.63) is 54.1 Å². The highest BCUT2D eigenvalue weighted by Crippen LogP contribution is 2.32. The number of sulfonamides is 1. The molecule has 34 heavy (non-hydrogen) atoms. The molecule has 0 heterocycles. The van der Waals surface area contributed by atoms with Gasteiger partial charge in [0.05, 0.1) is 4.90 Å². The Bertz CT molecular complexity index is 1130. The summed E-state index contributed by atoms with van der Waals surface area (Å²) in [5.41, 5.74) is 2.35. The fourth-order valence-electron chi connectivity index (χ4n) is 5.40. The van der Waals surface area contributed by atoms with Crippen LogP contribution >= 0.6 is 0 Å². The zero-order chi connectivity index (χ0) is 24.0. The van der Waals surface area contributed by atoms with Gasteiger partial charge in [0.25, 0.3) is 10.0 Å². The van der Waals surface area contributed by atoms with Gasteiger partial charge in [-0.05, 0) is 42.9 Å². The summed E-state index contributed by atoms with van der Waals surface area (Å²) in [7, 11) is -3.92. The molecule has 0 unspecified atom stereocenters. The predicted molar refractivity (Wildman–Crippen MR) is 132 cm³/mol. The summed E-state index contributed by atoms with van der Waals surface area (Å²) in [5.74, 6) is 0.467. The first-order valence-corrected chi connectivity index (χ1v) is 13.9. The van der Waals surface area contributed by atoms with Crippen molar-refractivity contribution >= 4 is 15.9 Å². The number of nitrogens with zero attached hydrogens (tertiary/aromatic N) is 2. The molecular formula is C27H33N3O3S.